The predicted octanol–water partition coefficient (Wildman–Crippen LogP) is 1.77. The van der Waals surface area contributed by atoms with Crippen molar-refractivity contribution in [1.82, 2.24) is 9.78 Å². The first-order valence-corrected chi connectivity index (χ1v) is 8.18. The maximum Gasteiger partial charge on any atom is 0.152 e. The van der Waals surface area contributed by atoms with E-state index >= 15 is 0 Å². The number of nitrogen functional groups attached to an aromatic ring is 1. The van der Waals surface area contributed by atoms with Gasteiger partial charge in [0.1, 0.15) is 17.3 Å². The standard InChI is InChI=1S/C13H13F2N3O2S/c14-9-3-8(4-10(15)5-9)13-12(16)6-18(17-13)11-1-2-21(19,20)7-11/h3-6,11H,1-2,7,16H2. The van der Waals surface area contributed by atoms with Crippen molar-refractivity contribution in [1.29, 1.82) is 0 Å². The van der Waals surface area contributed by atoms with Crippen molar-refractivity contribution in [2.75, 3.05) is 17.2 Å². The fourth-order valence-corrected chi connectivity index (χ4v) is 4.20. The van der Waals surface area contributed by atoms with E-state index in [0.717, 1.165) is 18.2 Å². The third kappa shape index (κ3) is 2.76. The largest absolute Gasteiger partial charge is 0.396 e. The molecule has 0 bridgehead atoms. The van der Waals surface area contributed by atoms with Gasteiger partial charge in [0.05, 0.1) is 23.2 Å². The average molecular weight is 313 g/mol. The van der Waals surface area contributed by atoms with E-state index in [1.54, 1.807) is 0 Å². The van der Waals surface area contributed by atoms with Gasteiger partial charge in [-0.15, -0.1) is 0 Å². The summed E-state index contributed by atoms with van der Waals surface area (Å²) in [6.45, 7) is 0. The third-order valence-electron chi connectivity index (χ3n) is 3.48. The van der Waals surface area contributed by atoms with E-state index in [2.05, 4.69) is 5.10 Å². The van der Waals surface area contributed by atoms with Crippen LogP contribution in [0.2, 0.25) is 0 Å². The molecule has 1 aliphatic heterocycles. The Labute approximate surface area is 120 Å². The Morgan fingerprint density at radius 1 is 1.24 bits per heavy atom. The molecule has 2 aromatic rings. The van der Waals surface area contributed by atoms with Crippen LogP contribution in [0, 0.1) is 11.6 Å². The summed E-state index contributed by atoms with van der Waals surface area (Å²) in [5, 5.41) is 4.20. The van der Waals surface area contributed by atoms with Crippen molar-refractivity contribution in [3.05, 3.63) is 36.0 Å². The average Bonchev–Trinajstić information content (AvgIpc) is 2.91. The highest BCUT2D eigenvalue weighted by atomic mass is 32.2. The molecule has 0 spiro atoms. The lowest BCUT2D eigenvalue weighted by Crippen LogP contribution is -2.11. The number of hydrogen-bond donors (Lipinski definition) is 1. The molecule has 1 aromatic carbocycles. The molecule has 0 aliphatic carbocycles. The molecule has 112 valence electrons. The van der Waals surface area contributed by atoms with Gasteiger partial charge in [-0.25, -0.2) is 17.2 Å². The molecule has 0 radical (unpaired) electrons. The molecule has 1 aromatic heterocycles. The van der Waals surface area contributed by atoms with Crippen LogP contribution >= 0.6 is 0 Å². The first kappa shape index (κ1) is 14.0. The highest BCUT2D eigenvalue weighted by Gasteiger charge is 2.30. The zero-order valence-corrected chi connectivity index (χ0v) is 11.8. The van der Waals surface area contributed by atoms with Crippen molar-refractivity contribution >= 4 is 15.5 Å². The summed E-state index contributed by atoms with van der Waals surface area (Å²) in [6.07, 6.45) is 1.96. The Kier molecular flexibility index (Phi) is 3.20. The van der Waals surface area contributed by atoms with Crippen LogP contribution in [-0.2, 0) is 9.84 Å². The molecule has 2 heterocycles. The number of sulfone groups is 1. The van der Waals surface area contributed by atoms with Gasteiger partial charge in [-0.3, -0.25) is 4.68 Å². The number of nitrogens with zero attached hydrogens (tertiary/aromatic N) is 2. The number of aromatic nitrogens is 2. The van der Waals surface area contributed by atoms with Gasteiger partial charge < -0.3 is 5.73 Å². The Morgan fingerprint density at radius 3 is 2.48 bits per heavy atom. The summed E-state index contributed by atoms with van der Waals surface area (Å²) >= 11 is 0. The molecular formula is C13H13F2N3O2S. The highest BCUT2D eigenvalue weighted by molar-refractivity contribution is 7.91. The van der Waals surface area contributed by atoms with Crippen LogP contribution in [0.25, 0.3) is 11.3 Å². The summed E-state index contributed by atoms with van der Waals surface area (Å²) in [7, 11) is -3.05. The summed E-state index contributed by atoms with van der Waals surface area (Å²) < 4.78 is 51.0. The first-order chi connectivity index (χ1) is 9.84. The molecule has 8 heteroatoms. The van der Waals surface area contributed by atoms with Gasteiger partial charge in [-0.05, 0) is 18.6 Å². The van der Waals surface area contributed by atoms with E-state index in [0.29, 0.717) is 6.42 Å². The van der Waals surface area contributed by atoms with Crippen LogP contribution in [0.5, 0.6) is 0 Å². The van der Waals surface area contributed by atoms with Crippen molar-refractivity contribution in [2.24, 2.45) is 0 Å². The van der Waals surface area contributed by atoms with Gasteiger partial charge in [0.25, 0.3) is 0 Å². The molecule has 1 atom stereocenters. The Balaban J connectivity index is 1.98. The maximum atomic E-state index is 13.3. The van der Waals surface area contributed by atoms with E-state index in [1.807, 2.05) is 0 Å². The van der Waals surface area contributed by atoms with Crippen LogP contribution in [-0.4, -0.2) is 29.7 Å². The third-order valence-corrected chi connectivity index (χ3v) is 5.23. The van der Waals surface area contributed by atoms with Gasteiger partial charge >= 0.3 is 0 Å². The lowest BCUT2D eigenvalue weighted by atomic mass is 10.1. The molecule has 1 aliphatic rings. The molecule has 1 fully saturated rings. The minimum absolute atomic E-state index is 0.00503. The minimum Gasteiger partial charge on any atom is -0.396 e. The van der Waals surface area contributed by atoms with Crippen molar-refractivity contribution in [3.63, 3.8) is 0 Å². The normalized spacial score (nSPS) is 20.8. The Morgan fingerprint density at radius 2 is 1.90 bits per heavy atom. The van der Waals surface area contributed by atoms with E-state index in [4.69, 9.17) is 5.73 Å². The van der Waals surface area contributed by atoms with Gasteiger partial charge in [0.2, 0.25) is 0 Å². The predicted molar refractivity (Wildman–Crippen MR) is 74.3 cm³/mol. The topological polar surface area (TPSA) is 78.0 Å². The summed E-state index contributed by atoms with van der Waals surface area (Å²) in [5.74, 6) is -1.32. The van der Waals surface area contributed by atoms with Crippen LogP contribution in [0.3, 0.4) is 0 Å². The number of nitrogens with two attached hydrogens (primary N) is 1. The molecule has 1 saturated heterocycles. The van der Waals surface area contributed by atoms with Crippen LogP contribution in [0.15, 0.2) is 24.4 Å². The number of rotatable bonds is 2. The van der Waals surface area contributed by atoms with E-state index in [-0.39, 0.29) is 34.5 Å². The Hall–Kier alpha value is -1.96. The molecular weight excluding hydrogens is 300 g/mol. The second-order valence-corrected chi connectivity index (χ2v) is 7.36. The molecule has 0 amide bonds. The molecule has 5 nitrogen and oxygen atoms in total. The summed E-state index contributed by atoms with van der Waals surface area (Å²) in [4.78, 5) is 0. The smallest absolute Gasteiger partial charge is 0.152 e. The number of hydrogen-bond acceptors (Lipinski definition) is 4. The molecule has 3 rings (SSSR count). The monoisotopic (exact) mass is 313 g/mol. The van der Waals surface area contributed by atoms with Gasteiger partial charge in [0.15, 0.2) is 9.84 Å². The van der Waals surface area contributed by atoms with Crippen LogP contribution in [0.1, 0.15) is 12.5 Å². The molecule has 0 saturated carbocycles. The second-order valence-electron chi connectivity index (χ2n) is 5.13. The van der Waals surface area contributed by atoms with E-state index < -0.39 is 21.5 Å². The lowest BCUT2D eigenvalue weighted by molar-refractivity contribution is 0.501. The van der Waals surface area contributed by atoms with Crippen molar-refractivity contribution < 1.29 is 17.2 Å². The van der Waals surface area contributed by atoms with Gasteiger partial charge in [-0.2, -0.15) is 5.10 Å². The minimum atomic E-state index is -3.05. The van der Waals surface area contributed by atoms with E-state index in [1.165, 1.54) is 10.9 Å². The van der Waals surface area contributed by atoms with Crippen molar-refractivity contribution in [2.45, 2.75) is 12.5 Å². The van der Waals surface area contributed by atoms with Crippen LogP contribution < -0.4 is 5.73 Å². The SMILES string of the molecule is Nc1cn(C2CCS(=O)(=O)C2)nc1-c1cc(F)cc(F)c1. The Bertz CT molecular complexity index is 781. The van der Waals surface area contributed by atoms with E-state index in [9.17, 15) is 17.2 Å². The summed E-state index contributed by atoms with van der Waals surface area (Å²) in [6, 6.07) is 2.75. The highest BCUT2D eigenvalue weighted by Crippen LogP contribution is 2.30. The summed E-state index contributed by atoms with van der Waals surface area (Å²) in [5.41, 5.74) is 6.56. The fourth-order valence-electron chi connectivity index (χ4n) is 2.49. The maximum absolute atomic E-state index is 13.3. The molecule has 21 heavy (non-hydrogen) atoms. The fraction of sp³-hybridized carbons (Fsp3) is 0.308. The molecule has 1 unspecified atom stereocenters. The van der Waals surface area contributed by atoms with Gasteiger partial charge in [0, 0.05) is 17.8 Å². The lowest BCUT2D eigenvalue weighted by Gasteiger charge is -2.07. The number of halogens is 2. The van der Waals surface area contributed by atoms with Crippen LogP contribution in [0.4, 0.5) is 14.5 Å². The van der Waals surface area contributed by atoms with Crippen molar-refractivity contribution in [3.8, 4) is 11.3 Å². The van der Waals surface area contributed by atoms with Gasteiger partial charge in [-0.1, -0.05) is 0 Å². The number of anilines is 1. The number of benzene rings is 1. The zero-order valence-electron chi connectivity index (χ0n) is 11.0. The zero-order chi connectivity index (χ0) is 15.2. The second kappa shape index (κ2) is 4.80. The molecule has 2 N–H and O–H groups in total. The first-order valence-electron chi connectivity index (χ1n) is 6.35. The quantitative estimate of drug-likeness (QED) is 0.916.